The van der Waals surface area contributed by atoms with Gasteiger partial charge >= 0.3 is 11.9 Å². The van der Waals surface area contributed by atoms with E-state index in [1.165, 1.54) is 14.0 Å². The first-order chi connectivity index (χ1) is 15.9. The lowest BCUT2D eigenvalue weighted by Gasteiger charge is -2.50. The predicted octanol–water partition coefficient (Wildman–Crippen LogP) is 0.682. The first-order valence-electron chi connectivity index (χ1n) is 10.4. The van der Waals surface area contributed by atoms with Crippen molar-refractivity contribution < 1.29 is 42.9 Å². The van der Waals surface area contributed by atoms with E-state index in [0.717, 1.165) is 4.90 Å². The molecule has 0 aromatic heterocycles. The van der Waals surface area contributed by atoms with Crippen LogP contribution in [-0.4, -0.2) is 66.7 Å². The van der Waals surface area contributed by atoms with E-state index in [0.29, 0.717) is 5.75 Å². The summed E-state index contributed by atoms with van der Waals surface area (Å²) in [6, 6.07) is 7.26. The summed E-state index contributed by atoms with van der Waals surface area (Å²) in [5, 5.41) is 2.41. The summed E-state index contributed by atoms with van der Waals surface area (Å²) < 4.78 is 20.5. The van der Waals surface area contributed by atoms with Crippen LogP contribution in [0.15, 0.2) is 41.6 Å². The largest absolute Gasteiger partial charge is 0.484 e. The third kappa shape index (κ3) is 4.38. The number of β-lactam (4-membered cyclic amide) rings is 1. The van der Waals surface area contributed by atoms with Crippen molar-refractivity contribution in [2.24, 2.45) is 5.41 Å². The van der Waals surface area contributed by atoms with Crippen molar-refractivity contribution in [1.29, 1.82) is 0 Å². The normalized spacial score (nSPS) is 21.6. The zero-order valence-corrected chi connectivity index (χ0v) is 19.5. The summed E-state index contributed by atoms with van der Waals surface area (Å²) in [5.41, 5.74) is -3.13. The number of fused-ring (bicyclic) bond motifs is 1. The number of nitrogens with one attached hydrogen (secondary N) is 1. The fourth-order valence-corrected chi connectivity index (χ4v) is 3.52. The van der Waals surface area contributed by atoms with Gasteiger partial charge in [-0.25, -0.2) is 4.79 Å². The third-order valence-corrected chi connectivity index (χ3v) is 5.34. The highest BCUT2D eigenvalue weighted by Crippen LogP contribution is 2.43. The molecule has 1 aromatic rings. The van der Waals surface area contributed by atoms with Crippen LogP contribution in [0.1, 0.15) is 27.7 Å². The summed E-state index contributed by atoms with van der Waals surface area (Å²) in [7, 11) is 1.17. The quantitative estimate of drug-likeness (QED) is 0.327. The number of para-hydroxylation sites is 1. The lowest BCUT2D eigenvalue weighted by Crippen LogP contribution is -2.81. The second kappa shape index (κ2) is 9.26. The average molecular weight is 474 g/mol. The summed E-state index contributed by atoms with van der Waals surface area (Å²) in [4.78, 5) is 63.6. The molecule has 2 amide bonds. The van der Waals surface area contributed by atoms with Crippen LogP contribution in [0.4, 0.5) is 0 Å². The Kier molecular flexibility index (Phi) is 6.78. The highest BCUT2D eigenvalue weighted by Gasteiger charge is 2.71. The fourth-order valence-electron chi connectivity index (χ4n) is 3.52. The second-order valence-corrected chi connectivity index (χ2v) is 8.74. The molecule has 1 aromatic carbocycles. The van der Waals surface area contributed by atoms with Gasteiger partial charge in [-0.3, -0.25) is 24.1 Å². The van der Waals surface area contributed by atoms with Gasteiger partial charge in [0.2, 0.25) is 6.79 Å². The van der Waals surface area contributed by atoms with Gasteiger partial charge in [0.25, 0.3) is 17.5 Å². The zero-order chi connectivity index (χ0) is 25.3. The molecular weight excluding hydrogens is 448 g/mol. The minimum Gasteiger partial charge on any atom is -0.484 e. The van der Waals surface area contributed by atoms with E-state index in [9.17, 15) is 24.0 Å². The molecule has 2 aliphatic rings. The third-order valence-electron chi connectivity index (χ3n) is 5.34. The number of ketones is 1. The molecule has 1 N–H and O–H groups in total. The van der Waals surface area contributed by atoms with Gasteiger partial charge in [-0.1, -0.05) is 18.2 Å². The summed E-state index contributed by atoms with van der Waals surface area (Å²) >= 11 is 0. The van der Waals surface area contributed by atoms with E-state index in [4.69, 9.17) is 18.9 Å². The molecule has 2 atom stereocenters. The molecule has 1 saturated heterocycles. The zero-order valence-electron chi connectivity index (χ0n) is 19.5. The number of esters is 2. The second-order valence-electron chi connectivity index (χ2n) is 8.74. The predicted molar refractivity (Wildman–Crippen MR) is 115 cm³/mol. The van der Waals surface area contributed by atoms with Gasteiger partial charge < -0.3 is 24.3 Å². The number of carbonyl (C=O) groups excluding carboxylic acids is 5. The number of ether oxygens (including phenoxy) is 4. The molecule has 0 radical (unpaired) electrons. The highest BCUT2D eigenvalue weighted by atomic mass is 16.7. The monoisotopic (exact) mass is 474 g/mol. The lowest BCUT2D eigenvalue weighted by atomic mass is 9.88. The molecule has 0 aliphatic carbocycles. The van der Waals surface area contributed by atoms with Gasteiger partial charge in [-0.2, -0.15) is 0 Å². The van der Waals surface area contributed by atoms with E-state index in [-0.39, 0.29) is 11.3 Å². The van der Waals surface area contributed by atoms with Gasteiger partial charge in [0.15, 0.2) is 18.4 Å². The molecule has 0 spiro atoms. The first-order valence-corrected chi connectivity index (χ1v) is 10.4. The van der Waals surface area contributed by atoms with E-state index in [1.807, 2.05) is 0 Å². The van der Waals surface area contributed by atoms with Crippen molar-refractivity contribution in [2.45, 2.75) is 39.5 Å². The Labute approximate surface area is 196 Å². The maximum absolute atomic E-state index is 13.0. The van der Waals surface area contributed by atoms with E-state index >= 15 is 0 Å². The topological polar surface area (TPSA) is 138 Å². The Balaban J connectivity index is 1.67. The van der Waals surface area contributed by atoms with Crippen molar-refractivity contribution in [3.05, 3.63) is 41.6 Å². The average Bonchev–Trinajstić information content (AvgIpc) is 3.04. The SMILES string of the molecule is COC1(NC(=O)COc2ccccc2)C(=O)N2C(C(=O)OCOC(=O)C(C)(C)C)=C(C)C(=O)[C@@H]21. The summed E-state index contributed by atoms with van der Waals surface area (Å²) in [5.74, 6) is -3.29. The van der Waals surface area contributed by atoms with Crippen molar-refractivity contribution >= 4 is 29.5 Å². The number of nitrogens with zero attached hydrogens (tertiary/aromatic N) is 1. The maximum atomic E-state index is 13.0. The van der Waals surface area contributed by atoms with Gasteiger partial charge in [-0.15, -0.1) is 0 Å². The van der Waals surface area contributed by atoms with Crippen LogP contribution < -0.4 is 10.1 Å². The van der Waals surface area contributed by atoms with Crippen LogP contribution in [-0.2, 0) is 38.2 Å². The van der Waals surface area contributed by atoms with Crippen molar-refractivity contribution in [3.8, 4) is 5.75 Å². The number of carbonyl (C=O) groups is 5. The van der Waals surface area contributed by atoms with E-state index in [2.05, 4.69) is 5.32 Å². The smallest absolute Gasteiger partial charge is 0.358 e. The number of benzene rings is 1. The summed E-state index contributed by atoms with van der Waals surface area (Å²) in [6.45, 7) is 5.14. The summed E-state index contributed by atoms with van der Waals surface area (Å²) in [6.07, 6.45) is 0. The lowest BCUT2D eigenvalue weighted by molar-refractivity contribution is -0.202. The van der Waals surface area contributed by atoms with Crippen LogP contribution in [0.25, 0.3) is 0 Å². The minimum absolute atomic E-state index is 0.0424. The number of methoxy groups -OCH3 is 1. The van der Waals surface area contributed by atoms with Crippen molar-refractivity contribution in [3.63, 3.8) is 0 Å². The van der Waals surface area contributed by atoms with E-state index in [1.54, 1.807) is 51.1 Å². The van der Waals surface area contributed by atoms with Crippen LogP contribution in [0.5, 0.6) is 5.75 Å². The molecule has 3 rings (SSSR count). The van der Waals surface area contributed by atoms with Gasteiger partial charge in [0.05, 0.1) is 5.41 Å². The number of rotatable bonds is 8. The van der Waals surface area contributed by atoms with E-state index < -0.39 is 60.1 Å². The molecule has 11 nitrogen and oxygen atoms in total. The Morgan fingerprint density at radius 1 is 1.09 bits per heavy atom. The number of Topliss-reactive ketones (excluding diaryl/α,β-unsaturated/α-hetero) is 1. The van der Waals surface area contributed by atoms with Gasteiger partial charge in [0, 0.05) is 12.7 Å². The molecule has 34 heavy (non-hydrogen) atoms. The molecule has 2 heterocycles. The molecule has 0 saturated carbocycles. The van der Waals surface area contributed by atoms with Crippen LogP contribution in [0.3, 0.4) is 0 Å². The van der Waals surface area contributed by atoms with Gasteiger partial charge in [-0.05, 0) is 39.8 Å². The molecule has 11 heteroatoms. The molecular formula is C23H26N2O9. The maximum Gasteiger partial charge on any atom is 0.358 e. The number of hydrogen-bond acceptors (Lipinski definition) is 9. The first kappa shape index (κ1) is 24.9. The van der Waals surface area contributed by atoms with Crippen molar-refractivity contribution in [1.82, 2.24) is 10.2 Å². The van der Waals surface area contributed by atoms with Crippen LogP contribution >= 0.6 is 0 Å². The number of amides is 2. The number of hydrogen-bond donors (Lipinski definition) is 1. The molecule has 182 valence electrons. The Bertz CT molecular complexity index is 1060. The van der Waals surface area contributed by atoms with Crippen LogP contribution in [0.2, 0.25) is 0 Å². The standard InChI is InChI=1S/C23H26N2O9/c1-13-16(19(28)33-12-34-21(30)22(2,3)4)25-18(17(13)27)23(31-5,20(25)29)24-15(26)11-32-14-9-7-6-8-10-14/h6-10,18H,11-12H2,1-5H3,(H,24,26)/t18-,23?/m1/s1. The molecule has 0 bridgehead atoms. The fraction of sp³-hybridized carbons (Fsp3) is 0.435. The Hall–Kier alpha value is -3.73. The van der Waals surface area contributed by atoms with Crippen LogP contribution in [0, 0.1) is 5.41 Å². The molecule has 1 fully saturated rings. The minimum atomic E-state index is -1.99. The Morgan fingerprint density at radius 3 is 2.32 bits per heavy atom. The highest BCUT2D eigenvalue weighted by molar-refractivity contribution is 6.21. The van der Waals surface area contributed by atoms with Gasteiger partial charge in [0.1, 0.15) is 11.4 Å². The molecule has 2 aliphatic heterocycles. The molecule has 1 unspecified atom stereocenters. The Morgan fingerprint density at radius 2 is 1.74 bits per heavy atom. The van der Waals surface area contributed by atoms with Crippen molar-refractivity contribution in [2.75, 3.05) is 20.5 Å².